The Labute approximate surface area is 128 Å². The van der Waals surface area contributed by atoms with Crippen molar-refractivity contribution in [3.05, 3.63) is 47.5 Å². The fraction of sp³-hybridized carbons (Fsp3) is 0.250. The number of fused-ring (bicyclic) bond motifs is 2. The van der Waals surface area contributed by atoms with E-state index in [0.29, 0.717) is 22.1 Å². The molecular weight excluding hydrogens is 302 g/mol. The van der Waals surface area contributed by atoms with Gasteiger partial charge in [0.25, 0.3) is 10.0 Å². The van der Waals surface area contributed by atoms with E-state index in [2.05, 4.69) is 4.72 Å². The topological polar surface area (TPSA) is 64.6 Å². The first kappa shape index (κ1) is 13.5. The predicted molar refractivity (Wildman–Crippen MR) is 81.8 cm³/mol. The summed E-state index contributed by atoms with van der Waals surface area (Å²) in [6, 6.07) is 10.3. The maximum atomic E-state index is 12.5. The molecule has 0 aromatic heterocycles. The number of benzene rings is 2. The van der Waals surface area contributed by atoms with E-state index in [4.69, 9.17) is 9.47 Å². The molecule has 2 aromatic carbocycles. The van der Waals surface area contributed by atoms with Crippen molar-refractivity contribution in [2.75, 3.05) is 11.5 Å². The molecule has 0 radical (unpaired) electrons. The van der Waals surface area contributed by atoms with Gasteiger partial charge in [0.2, 0.25) is 6.79 Å². The Morgan fingerprint density at radius 3 is 2.64 bits per heavy atom. The van der Waals surface area contributed by atoms with Gasteiger partial charge in [0.15, 0.2) is 11.5 Å². The van der Waals surface area contributed by atoms with Gasteiger partial charge in [-0.15, -0.1) is 0 Å². The third kappa shape index (κ3) is 2.29. The van der Waals surface area contributed by atoms with Crippen molar-refractivity contribution in [2.24, 2.45) is 0 Å². The number of aryl methyl sites for hydroxylation is 2. The van der Waals surface area contributed by atoms with Crippen LogP contribution in [0.1, 0.15) is 17.5 Å². The summed E-state index contributed by atoms with van der Waals surface area (Å²) >= 11 is 0. The second-order valence-corrected chi connectivity index (χ2v) is 7.14. The van der Waals surface area contributed by atoms with Crippen LogP contribution in [0.15, 0.2) is 41.3 Å². The molecule has 0 atom stereocenters. The zero-order valence-corrected chi connectivity index (χ0v) is 12.7. The van der Waals surface area contributed by atoms with Gasteiger partial charge in [-0.1, -0.05) is 6.07 Å². The summed E-state index contributed by atoms with van der Waals surface area (Å²) < 4.78 is 38.1. The molecule has 22 heavy (non-hydrogen) atoms. The van der Waals surface area contributed by atoms with Gasteiger partial charge in [-0.05, 0) is 54.7 Å². The first-order chi connectivity index (χ1) is 10.6. The highest BCUT2D eigenvalue weighted by Gasteiger charge is 2.20. The molecule has 0 fully saturated rings. The monoisotopic (exact) mass is 317 g/mol. The summed E-state index contributed by atoms with van der Waals surface area (Å²) in [5, 5.41) is 0. The van der Waals surface area contributed by atoms with Crippen LogP contribution in [0.4, 0.5) is 5.69 Å². The molecule has 0 saturated carbocycles. The second-order valence-electron chi connectivity index (χ2n) is 5.46. The number of anilines is 1. The average Bonchev–Trinajstić information content (AvgIpc) is 3.14. The Kier molecular flexibility index (Phi) is 3.00. The molecular formula is C16H15NO4S. The maximum absolute atomic E-state index is 12.5. The van der Waals surface area contributed by atoms with Gasteiger partial charge in [0.1, 0.15) is 0 Å². The van der Waals surface area contributed by atoms with Crippen molar-refractivity contribution in [2.45, 2.75) is 24.2 Å². The average molecular weight is 317 g/mol. The van der Waals surface area contributed by atoms with Gasteiger partial charge < -0.3 is 9.47 Å². The Bertz CT molecular complexity index is 845. The highest BCUT2D eigenvalue weighted by atomic mass is 32.2. The number of ether oxygens (including phenoxy) is 2. The fourth-order valence-corrected chi connectivity index (χ4v) is 3.99. The van der Waals surface area contributed by atoms with Crippen LogP contribution in [-0.2, 0) is 22.9 Å². The molecule has 0 saturated heterocycles. The molecule has 5 nitrogen and oxygen atoms in total. The molecule has 0 bridgehead atoms. The van der Waals surface area contributed by atoms with Crippen LogP contribution < -0.4 is 14.2 Å². The zero-order chi connectivity index (χ0) is 15.2. The van der Waals surface area contributed by atoms with Crippen LogP contribution in [0.2, 0.25) is 0 Å². The standard InChI is InChI=1S/C16H15NO4S/c18-22(19,14-6-4-11-2-1-3-12(11)8-14)17-13-5-7-15-16(9-13)21-10-20-15/h4-9,17H,1-3,10H2. The van der Waals surface area contributed by atoms with E-state index >= 15 is 0 Å². The number of sulfonamides is 1. The van der Waals surface area contributed by atoms with Gasteiger partial charge in [0, 0.05) is 6.07 Å². The van der Waals surface area contributed by atoms with E-state index in [1.54, 1.807) is 30.3 Å². The molecule has 1 heterocycles. The summed E-state index contributed by atoms with van der Waals surface area (Å²) in [6.07, 6.45) is 3.07. The van der Waals surface area contributed by atoms with Gasteiger partial charge >= 0.3 is 0 Å². The molecule has 114 valence electrons. The van der Waals surface area contributed by atoms with Crippen LogP contribution in [0.3, 0.4) is 0 Å². The van der Waals surface area contributed by atoms with Crippen LogP contribution in [-0.4, -0.2) is 15.2 Å². The molecule has 6 heteroatoms. The molecule has 2 aromatic rings. The molecule has 0 amide bonds. The highest BCUT2D eigenvalue weighted by molar-refractivity contribution is 7.92. The quantitative estimate of drug-likeness (QED) is 0.945. The van der Waals surface area contributed by atoms with Gasteiger partial charge in [-0.3, -0.25) is 4.72 Å². The Balaban J connectivity index is 1.64. The van der Waals surface area contributed by atoms with Gasteiger partial charge in [-0.25, -0.2) is 8.42 Å². The van der Waals surface area contributed by atoms with Crippen molar-refractivity contribution >= 4 is 15.7 Å². The number of rotatable bonds is 3. The lowest BCUT2D eigenvalue weighted by atomic mass is 10.1. The number of hydrogen-bond donors (Lipinski definition) is 1. The van der Waals surface area contributed by atoms with Crippen molar-refractivity contribution in [1.82, 2.24) is 0 Å². The summed E-state index contributed by atoms with van der Waals surface area (Å²) in [4.78, 5) is 0.297. The summed E-state index contributed by atoms with van der Waals surface area (Å²) in [7, 11) is -3.60. The second kappa shape index (κ2) is 4.91. The molecule has 0 unspecified atom stereocenters. The predicted octanol–water partition coefficient (Wildman–Crippen LogP) is 2.70. The molecule has 1 N–H and O–H groups in total. The molecule has 0 spiro atoms. The largest absolute Gasteiger partial charge is 0.454 e. The van der Waals surface area contributed by atoms with Crippen molar-refractivity contribution < 1.29 is 17.9 Å². The minimum atomic E-state index is -3.60. The molecule has 1 aliphatic carbocycles. The minimum absolute atomic E-state index is 0.163. The number of nitrogens with one attached hydrogen (secondary N) is 1. The third-order valence-electron chi connectivity index (χ3n) is 4.01. The maximum Gasteiger partial charge on any atom is 0.261 e. The molecule has 2 aliphatic rings. The van der Waals surface area contributed by atoms with Crippen LogP contribution in [0, 0.1) is 0 Å². The van der Waals surface area contributed by atoms with Crippen LogP contribution in [0.5, 0.6) is 11.5 Å². The van der Waals surface area contributed by atoms with Gasteiger partial charge in [-0.2, -0.15) is 0 Å². The Morgan fingerprint density at radius 1 is 0.909 bits per heavy atom. The van der Waals surface area contributed by atoms with Crippen LogP contribution in [0.25, 0.3) is 0 Å². The number of hydrogen-bond acceptors (Lipinski definition) is 4. The SMILES string of the molecule is O=S(=O)(Nc1ccc2c(c1)OCO2)c1ccc2c(c1)CCC2. The Morgan fingerprint density at radius 2 is 1.73 bits per heavy atom. The van der Waals surface area contributed by atoms with E-state index in [1.807, 2.05) is 6.07 Å². The zero-order valence-electron chi connectivity index (χ0n) is 11.8. The highest BCUT2D eigenvalue weighted by Crippen LogP contribution is 2.35. The van der Waals surface area contributed by atoms with E-state index in [-0.39, 0.29) is 6.79 Å². The fourth-order valence-electron chi connectivity index (χ4n) is 2.89. The minimum Gasteiger partial charge on any atom is -0.454 e. The van der Waals surface area contributed by atoms with E-state index in [0.717, 1.165) is 24.8 Å². The van der Waals surface area contributed by atoms with E-state index in [9.17, 15) is 8.42 Å². The lowest BCUT2D eigenvalue weighted by molar-refractivity contribution is 0.174. The smallest absolute Gasteiger partial charge is 0.261 e. The van der Waals surface area contributed by atoms with E-state index < -0.39 is 10.0 Å². The normalized spacial score (nSPS) is 15.6. The van der Waals surface area contributed by atoms with E-state index in [1.165, 1.54) is 5.56 Å². The summed E-state index contributed by atoms with van der Waals surface area (Å²) in [5.74, 6) is 1.18. The molecule has 4 rings (SSSR count). The summed E-state index contributed by atoms with van der Waals surface area (Å²) in [6.45, 7) is 0.163. The van der Waals surface area contributed by atoms with Gasteiger partial charge in [0.05, 0.1) is 10.6 Å². The Hall–Kier alpha value is -2.21. The first-order valence-corrected chi connectivity index (χ1v) is 8.64. The lowest BCUT2D eigenvalue weighted by Crippen LogP contribution is -2.13. The lowest BCUT2D eigenvalue weighted by Gasteiger charge is -2.10. The summed E-state index contributed by atoms with van der Waals surface area (Å²) in [5.41, 5.74) is 2.85. The van der Waals surface area contributed by atoms with Crippen LogP contribution >= 0.6 is 0 Å². The molecule has 1 aliphatic heterocycles. The first-order valence-electron chi connectivity index (χ1n) is 7.16. The van der Waals surface area contributed by atoms with Crippen molar-refractivity contribution in [1.29, 1.82) is 0 Å². The third-order valence-corrected chi connectivity index (χ3v) is 5.38. The van der Waals surface area contributed by atoms with Crippen molar-refractivity contribution in [3.63, 3.8) is 0 Å². The van der Waals surface area contributed by atoms with Crippen molar-refractivity contribution in [3.8, 4) is 11.5 Å².